The number of hydrogen-bond acceptors (Lipinski definition) is 4. The molecule has 1 rings (SSSR count). The maximum absolute atomic E-state index is 12.0. The molecule has 3 amide bonds. The van der Waals surface area contributed by atoms with Gasteiger partial charge in [0.2, 0.25) is 5.91 Å². The van der Waals surface area contributed by atoms with E-state index >= 15 is 0 Å². The third-order valence-corrected chi connectivity index (χ3v) is 4.17. The molecule has 7 heteroatoms. The Kier molecular flexibility index (Phi) is 7.66. The Balaban J connectivity index is 0.00000324. The van der Waals surface area contributed by atoms with Gasteiger partial charge in [0, 0.05) is 11.0 Å². The van der Waals surface area contributed by atoms with Crippen molar-refractivity contribution in [3.05, 3.63) is 25.3 Å². The maximum Gasteiger partial charge on any atom is 1.00 e. The zero-order valence-electron chi connectivity index (χ0n) is 11.1. The number of carbonyl (C=O) groups excluding carboxylic acids is 2. The number of aliphatic imine (C=N–C) groups is 1. The van der Waals surface area contributed by atoms with E-state index in [4.69, 9.17) is 0 Å². The molecule has 2 atom stereocenters. The van der Waals surface area contributed by atoms with Gasteiger partial charge in [0.25, 0.3) is 0 Å². The zero-order valence-corrected chi connectivity index (χ0v) is 14.0. The fraction of sp³-hybridized carbons (Fsp3) is 0.417. The molecule has 0 spiro atoms. The number of allylic oxidation sites excluding steroid dienone is 1. The Labute approximate surface area is 138 Å². The normalized spacial score (nSPS) is 23.7. The van der Waals surface area contributed by atoms with Crippen LogP contribution in [0.25, 0.3) is 0 Å². The van der Waals surface area contributed by atoms with E-state index in [1.807, 2.05) is 0 Å². The monoisotopic (exact) mass is 290 g/mol. The minimum atomic E-state index is -1.34. The molecule has 0 aromatic carbocycles. The Bertz CT molecular complexity index is 425. The molecule has 1 heterocycles. The van der Waals surface area contributed by atoms with Crippen molar-refractivity contribution in [1.82, 2.24) is 5.32 Å². The molecule has 0 saturated heterocycles. The molecular weight excluding hydrogens is 275 g/mol. The largest absolute Gasteiger partial charge is 1.00 e. The second-order valence-corrected chi connectivity index (χ2v) is 5.28. The Morgan fingerprint density at radius 2 is 2.11 bits per heavy atom. The van der Waals surface area contributed by atoms with Crippen molar-refractivity contribution in [3.63, 3.8) is 0 Å². The summed E-state index contributed by atoms with van der Waals surface area (Å²) in [7, 11) is 0. The summed E-state index contributed by atoms with van der Waals surface area (Å²) in [5.41, 5.74) is -1.34. The number of hydrogen-bond donors (Lipinski definition) is 1. The van der Waals surface area contributed by atoms with Crippen LogP contribution in [0.3, 0.4) is 0 Å². The van der Waals surface area contributed by atoms with E-state index in [1.165, 1.54) is 17.8 Å². The van der Waals surface area contributed by atoms with Gasteiger partial charge in [-0.3, -0.25) is 10.1 Å². The van der Waals surface area contributed by atoms with E-state index in [2.05, 4.69) is 23.5 Å². The summed E-state index contributed by atoms with van der Waals surface area (Å²) in [4.78, 5) is 26.4. The molecule has 98 valence electrons. The number of urea groups is 1. The minimum Gasteiger partial charge on any atom is -0.861 e. The smallest absolute Gasteiger partial charge is 0.861 e. The number of carbonyl (C=O) groups is 2. The minimum absolute atomic E-state index is 0. The summed E-state index contributed by atoms with van der Waals surface area (Å²) in [5.74, 6) is -0.689. The van der Waals surface area contributed by atoms with E-state index < -0.39 is 23.3 Å². The number of nitrogens with zero attached hydrogens (tertiary/aromatic N) is 1. The van der Waals surface area contributed by atoms with Gasteiger partial charge in [0.1, 0.15) is 0 Å². The fourth-order valence-corrected chi connectivity index (χ4v) is 2.83. The van der Waals surface area contributed by atoms with Gasteiger partial charge in [0.05, 0.1) is 5.41 Å². The molecule has 0 fully saturated rings. The average molecular weight is 290 g/mol. The molecule has 1 aliphatic heterocycles. The maximum atomic E-state index is 12.0. The van der Waals surface area contributed by atoms with Crippen molar-refractivity contribution in [2.24, 2.45) is 10.4 Å². The van der Waals surface area contributed by atoms with Crippen LogP contribution >= 0.6 is 11.8 Å². The van der Waals surface area contributed by atoms with E-state index in [-0.39, 0.29) is 41.2 Å². The number of amides is 3. The average Bonchev–Trinajstić information content (AvgIpc) is 2.30. The molecular formula is C12H15N2NaO3S. The SMILES string of the molecule is C=CCSC(C)C1(CC=C)C(=O)NC(=O)N=C1[O-].[Na+]. The molecule has 1 N–H and O–H groups in total. The molecule has 0 aromatic heterocycles. The fourth-order valence-electron chi connectivity index (χ4n) is 1.81. The van der Waals surface area contributed by atoms with E-state index in [0.717, 1.165) is 0 Å². The Hall–Kier alpha value is -0.560. The quantitative estimate of drug-likeness (QED) is 0.447. The van der Waals surface area contributed by atoms with Crippen LogP contribution in [0.5, 0.6) is 0 Å². The molecule has 0 saturated carbocycles. The first-order valence-corrected chi connectivity index (χ1v) is 6.49. The predicted molar refractivity (Wildman–Crippen MR) is 70.3 cm³/mol. The van der Waals surface area contributed by atoms with Crippen LogP contribution in [0, 0.1) is 5.41 Å². The standard InChI is InChI=1S/C12H16N2O3S.Na/c1-4-6-12(8(3)18-7-5-2)9(15)13-11(17)14-10(12)16;/h4-5,8H,1-2,6-7H2,3H3,(H2,13,14,15,16,17);/q;+1/p-1. The number of rotatable bonds is 6. The van der Waals surface area contributed by atoms with E-state index in [1.54, 1.807) is 13.0 Å². The van der Waals surface area contributed by atoms with E-state index in [0.29, 0.717) is 5.75 Å². The van der Waals surface area contributed by atoms with Crippen LogP contribution in [-0.2, 0) is 4.79 Å². The van der Waals surface area contributed by atoms with Gasteiger partial charge < -0.3 is 5.11 Å². The molecule has 19 heavy (non-hydrogen) atoms. The van der Waals surface area contributed by atoms with Crippen LogP contribution in [0.1, 0.15) is 13.3 Å². The molecule has 0 radical (unpaired) electrons. The Morgan fingerprint density at radius 3 is 2.58 bits per heavy atom. The van der Waals surface area contributed by atoms with Gasteiger partial charge in [-0.2, -0.15) is 11.8 Å². The second kappa shape index (κ2) is 7.89. The summed E-state index contributed by atoms with van der Waals surface area (Å²) >= 11 is 1.41. The second-order valence-electron chi connectivity index (χ2n) is 3.90. The van der Waals surface area contributed by atoms with Gasteiger partial charge >= 0.3 is 35.6 Å². The first-order chi connectivity index (χ1) is 8.48. The van der Waals surface area contributed by atoms with Crippen molar-refractivity contribution in [2.75, 3.05) is 5.75 Å². The predicted octanol–water partition coefficient (Wildman–Crippen LogP) is -2.13. The van der Waals surface area contributed by atoms with Crippen molar-refractivity contribution < 1.29 is 44.3 Å². The summed E-state index contributed by atoms with van der Waals surface area (Å²) in [6.07, 6.45) is 3.34. The number of imide groups is 1. The van der Waals surface area contributed by atoms with E-state index in [9.17, 15) is 14.7 Å². The summed E-state index contributed by atoms with van der Waals surface area (Å²) in [5, 5.41) is 13.8. The van der Waals surface area contributed by atoms with Gasteiger partial charge in [-0.1, -0.05) is 19.1 Å². The number of nitrogens with one attached hydrogen (secondary N) is 1. The topological polar surface area (TPSA) is 81.6 Å². The molecule has 5 nitrogen and oxygen atoms in total. The van der Waals surface area contributed by atoms with Crippen molar-refractivity contribution in [3.8, 4) is 0 Å². The van der Waals surface area contributed by atoms with Crippen molar-refractivity contribution in [2.45, 2.75) is 18.6 Å². The van der Waals surface area contributed by atoms with Crippen LogP contribution in [0.4, 0.5) is 4.79 Å². The van der Waals surface area contributed by atoms with Crippen LogP contribution in [0.2, 0.25) is 0 Å². The van der Waals surface area contributed by atoms with Crippen LogP contribution in [-0.4, -0.2) is 28.8 Å². The van der Waals surface area contributed by atoms with Gasteiger partial charge in [0.15, 0.2) is 0 Å². The summed E-state index contributed by atoms with van der Waals surface area (Å²) in [6.45, 7) is 8.92. The van der Waals surface area contributed by atoms with Gasteiger partial charge in [-0.15, -0.1) is 13.2 Å². The van der Waals surface area contributed by atoms with Crippen molar-refractivity contribution in [1.29, 1.82) is 0 Å². The molecule has 0 aliphatic carbocycles. The zero-order chi connectivity index (χ0) is 13.8. The third-order valence-electron chi connectivity index (χ3n) is 2.83. The number of thioether (sulfide) groups is 1. The first kappa shape index (κ1) is 18.4. The van der Waals surface area contributed by atoms with Crippen LogP contribution < -0.4 is 40.0 Å². The van der Waals surface area contributed by atoms with Crippen molar-refractivity contribution >= 4 is 29.6 Å². The summed E-state index contributed by atoms with van der Waals surface area (Å²) < 4.78 is 0. The van der Waals surface area contributed by atoms with Gasteiger partial charge in [-0.25, -0.2) is 9.79 Å². The first-order valence-electron chi connectivity index (χ1n) is 5.44. The Morgan fingerprint density at radius 1 is 1.47 bits per heavy atom. The molecule has 2 unspecified atom stereocenters. The summed E-state index contributed by atoms with van der Waals surface area (Å²) in [6, 6.07) is -0.898. The third kappa shape index (κ3) is 3.72. The van der Waals surface area contributed by atoms with Gasteiger partial charge in [-0.05, 0) is 12.3 Å². The molecule has 0 bridgehead atoms. The molecule has 0 aromatic rings. The molecule has 1 aliphatic rings. The van der Waals surface area contributed by atoms with Crippen LogP contribution in [0.15, 0.2) is 30.3 Å².